The van der Waals surface area contributed by atoms with Crippen molar-refractivity contribution in [2.24, 2.45) is 0 Å². The van der Waals surface area contributed by atoms with Gasteiger partial charge in [-0.1, -0.05) is 13.0 Å². The number of amides is 1. The summed E-state index contributed by atoms with van der Waals surface area (Å²) in [5, 5.41) is 15.3. The fourth-order valence-corrected chi connectivity index (χ4v) is 1.71. The first kappa shape index (κ1) is 16.5. The summed E-state index contributed by atoms with van der Waals surface area (Å²) in [6.07, 6.45) is -0.528. The van der Waals surface area contributed by atoms with Crippen LogP contribution in [0.5, 0.6) is 0 Å². The van der Waals surface area contributed by atoms with Gasteiger partial charge in [0.25, 0.3) is 0 Å². The minimum absolute atomic E-state index is 0.113. The van der Waals surface area contributed by atoms with Gasteiger partial charge in [0.2, 0.25) is 5.91 Å². The molecule has 112 valence electrons. The second-order valence-corrected chi connectivity index (χ2v) is 4.57. The van der Waals surface area contributed by atoms with Gasteiger partial charge in [0, 0.05) is 13.1 Å². The van der Waals surface area contributed by atoms with Crippen LogP contribution in [0.3, 0.4) is 0 Å². The molecule has 6 heteroatoms. The monoisotopic (exact) mass is 286 g/mol. The number of aliphatic hydroxyl groups excluding tert-OH is 1. The predicted molar refractivity (Wildman–Crippen MR) is 72.1 cm³/mol. The third-order valence-electron chi connectivity index (χ3n) is 2.89. The molecule has 0 aromatic heterocycles. The highest BCUT2D eigenvalue weighted by Gasteiger charge is 2.19. The largest absolute Gasteiger partial charge is 0.387 e. The maximum atomic E-state index is 13.4. The normalized spacial score (nSPS) is 13.8. The van der Waals surface area contributed by atoms with Crippen molar-refractivity contribution in [3.05, 3.63) is 35.4 Å². The highest BCUT2D eigenvalue weighted by atomic mass is 19.1. The Hall–Kier alpha value is -1.53. The van der Waals surface area contributed by atoms with Crippen molar-refractivity contribution in [3.63, 3.8) is 0 Å². The van der Waals surface area contributed by atoms with E-state index in [0.29, 0.717) is 6.54 Å². The number of rotatable bonds is 7. The van der Waals surface area contributed by atoms with Gasteiger partial charge in [-0.3, -0.25) is 4.79 Å². The molecule has 3 N–H and O–H groups in total. The van der Waals surface area contributed by atoms with Crippen LogP contribution in [-0.2, 0) is 4.79 Å². The van der Waals surface area contributed by atoms with Gasteiger partial charge < -0.3 is 15.7 Å². The second kappa shape index (κ2) is 7.91. The van der Waals surface area contributed by atoms with Crippen molar-refractivity contribution in [1.82, 2.24) is 10.6 Å². The minimum Gasteiger partial charge on any atom is -0.387 e. The van der Waals surface area contributed by atoms with Crippen LogP contribution in [0.4, 0.5) is 8.78 Å². The Balaban J connectivity index is 2.55. The van der Waals surface area contributed by atoms with Crippen LogP contribution in [0.1, 0.15) is 31.9 Å². The Bertz CT molecular complexity index is 435. The van der Waals surface area contributed by atoms with Gasteiger partial charge in [-0.05, 0) is 25.5 Å². The Kier molecular flexibility index (Phi) is 6.54. The summed E-state index contributed by atoms with van der Waals surface area (Å²) in [6, 6.07) is 2.85. The highest BCUT2D eigenvalue weighted by Crippen LogP contribution is 2.19. The van der Waals surface area contributed by atoms with Gasteiger partial charge in [0.1, 0.15) is 11.6 Å². The van der Waals surface area contributed by atoms with Gasteiger partial charge in [0.15, 0.2) is 0 Å². The summed E-state index contributed by atoms with van der Waals surface area (Å²) in [5.41, 5.74) is -0.388. The van der Waals surface area contributed by atoms with Gasteiger partial charge in [-0.2, -0.15) is 0 Å². The Morgan fingerprint density at radius 1 is 1.35 bits per heavy atom. The van der Waals surface area contributed by atoms with Gasteiger partial charge >= 0.3 is 0 Å². The van der Waals surface area contributed by atoms with Crippen LogP contribution in [0.15, 0.2) is 18.2 Å². The van der Waals surface area contributed by atoms with Crippen molar-refractivity contribution in [2.45, 2.75) is 32.4 Å². The molecule has 0 radical (unpaired) electrons. The number of halogens is 2. The van der Waals surface area contributed by atoms with E-state index in [2.05, 4.69) is 10.6 Å². The van der Waals surface area contributed by atoms with Crippen molar-refractivity contribution in [1.29, 1.82) is 0 Å². The van der Waals surface area contributed by atoms with Crippen molar-refractivity contribution in [3.8, 4) is 0 Å². The molecular weight excluding hydrogens is 266 g/mol. The molecule has 1 amide bonds. The van der Waals surface area contributed by atoms with Crippen LogP contribution in [-0.4, -0.2) is 30.1 Å². The molecule has 2 unspecified atom stereocenters. The topological polar surface area (TPSA) is 61.4 Å². The zero-order valence-electron chi connectivity index (χ0n) is 11.6. The van der Waals surface area contributed by atoms with E-state index >= 15 is 0 Å². The summed E-state index contributed by atoms with van der Waals surface area (Å²) >= 11 is 0. The quantitative estimate of drug-likeness (QED) is 0.712. The molecule has 0 heterocycles. The first-order valence-corrected chi connectivity index (χ1v) is 6.60. The molecule has 0 spiro atoms. The number of hydrogen-bond acceptors (Lipinski definition) is 3. The lowest BCUT2D eigenvalue weighted by Gasteiger charge is -2.17. The number of carbonyl (C=O) groups excluding carboxylic acids is 1. The molecule has 0 saturated heterocycles. The van der Waals surface area contributed by atoms with Crippen LogP contribution in [0.25, 0.3) is 0 Å². The SMILES string of the molecule is CCCNC(=O)C(C)NCC(O)c1c(F)cccc1F. The maximum Gasteiger partial charge on any atom is 0.236 e. The Morgan fingerprint density at radius 2 is 1.95 bits per heavy atom. The maximum absolute atomic E-state index is 13.4. The molecule has 0 saturated carbocycles. The highest BCUT2D eigenvalue weighted by molar-refractivity contribution is 5.81. The van der Waals surface area contributed by atoms with E-state index in [-0.39, 0.29) is 18.0 Å². The molecule has 0 bridgehead atoms. The first-order chi connectivity index (χ1) is 9.47. The van der Waals surface area contributed by atoms with E-state index in [1.54, 1.807) is 6.92 Å². The Morgan fingerprint density at radius 3 is 2.50 bits per heavy atom. The van der Waals surface area contributed by atoms with Crippen molar-refractivity contribution < 1.29 is 18.7 Å². The van der Waals surface area contributed by atoms with E-state index < -0.39 is 23.8 Å². The van der Waals surface area contributed by atoms with Crippen molar-refractivity contribution >= 4 is 5.91 Å². The molecule has 1 rings (SSSR count). The number of carbonyl (C=O) groups is 1. The zero-order chi connectivity index (χ0) is 15.1. The molecule has 1 aromatic carbocycles. The van der Waals surface area contributed by atoms with E-state index in [4.69, 9.17) is 0 Å². The fraction of sp³-hybridized carbons (Fsp3) is 0.500. The average molecular weight is 286 g/mol. The van der Waals surface area contributed by atoms with E-state index in [0.717, 1.165) is 18.6 Å². The molecule has 0 aliphatic carbocycles. The summed E-state index contributed by atoms with van der Waals surface area (Å²) in [5.74, 6) is -1.82. The van der Waals surface area contributed by atoms with Gasteiger partial charge in [-0.25, -0.2) is 8.78 Å². The predicted octanol–water partition coefficient (Wildman–Crippen LogP) is 1.50. The van der Waals surface area contributed by atoms with Crippen LogP contribution in [0.2, 0.25) is 0 Å². The molecule has 0 aliphatic rings. The summed E-state index contributed by atoms with van der Waals surface area (Å²) < 4.78 is 26.9. The van der Waals surface area contributed by atoms with E-state index in [1.165, 1.54) is 6.07 Å². The third kappa shape index (κ3) is 4.54. The number of nitrogens with one attached hydrogen (secondary N) is 2. The smallest absolute Gasteiger partial charge is 0.236 e. The van der Waals surface area contributed by atoms with Crippen molar-refractivity contribution in [2.75, 3.05) is 13.1 Å². The van der Waals surface area contributed by atoms with E-state index in [1.807, 2.05) is 6.92 Å². The molecule has 4 nitrogen and oxygen atoms in total. The molecule has 0 aliphatic heterocycles. The lowest BCUT2D eigenvalue weighted by atomic mass is 10.1. The summed E-state index contributed by atoms with van der Waals surface area (Å²) in [7, 11) is 0. The third-order valence-corrected chi connectivity index (χ3v) is 2.89. The summed E-state index contributed by atoms with van der Waals surface area (Å²) in [6.45, 7) is 4.01. The number of benzene rings is 1. The minimum atomic E-state index is -1.35. The lowest BCUT2D eigenvalue weighted by Crippen LogP contribution is -2.43. The lowest BCUT2D eigenvalue weighted by molar-refractivity contribution is -0.122. The number of aliphatic hydroxyl groups is 1. The Labute approximate surface area is 117 Å². The number of hydrogen-bond donors (Lipinski definition) is 3. The van der Waals surface area contributed by atoms with Crippen LogP contribution in [0, 0.1) is 11.6 Å². The first-order valence-electron chi connectivity index (χ1n) is 6.60. The zero-order valence-corrected chi connectivity index (χ0v) is 11.6. The van der Waals surface area contributed by atoms with Crippen LogP contribution >= 0.6 is 0 Å². The molecular formula is C14H20F2N2O2. The second-order valence-electron chi connectivity index (χ2n) is 4.57. The summed E-state index contributed by atoms with van der Waals surface area (Å²) in [4.78, 5) is 11.6. The molecule has 0 fully saturated rings. The van der Waals surface area contributed by atoms with Crippen LogP contribution < -0.4 is 10.6 Å². The average Bonchev–Trinajstić information content (AvgIpc) is 2.41. The van der Waals surface area contributed by atoms with Gasteiger partial charge in [-0.15, -0.1) is 0 Å². The fourth-order valence-electron chi connectivity index (χ4n) is 1.71. The van der Waals surface area contributed by atoms with E-state index in [9.17, 15) is 18.7 Å². The standard InChI is InChI=1S/C14H20F2N2O2/c1-3-7-17-14(20)9(2)18-8-12(19)13-10(15)5-4-6-11(13)16/h4-6,9,12,18-19H,3,7-8H2,1-2H3,(H,17,20). The molecule has 20 heavy (non-hydrogen) atoms. The molecule has 2 atom stereocenters. The molecule has 1 aromatic rings. The van der Waals surface area contributed by atoms with Gasteiger partial charge in [0.05, 0.1) is 17.7 Å².